The van der Waals surface area contributed by atoms with Crippen LogP contribution in [0.5, 0.6) is 0 Å². The molecule has 0 amide bonds. The van der Waals surface area contributed by atoms with Crippen molar-refractivity contribution in [2.45, 2.75) is 51.6 Å². The number of aliphatic hydroxyl groups is 1. The maximum absolute atomic E-state index is 10.1. The molecule has 0 radical (unpaired) electrons. The van der Waals surface area contributed by atoms with Crippen LogP contribution >= 0.6 is 11.3 Å². The van der Waals surface area contributed by atoms with E-state index in [-0.39, 0.29) is 11.5 Å². The molecule has 0 aromatic carbocycles. The molecule has 84 valence electrons. The smallest absolute Gasteiger partial charge is 0.0910 e. The summed E-state index contributed by atoms with van der Waals surface area (Å²) in [5, 5.41) is 10.1. The number of aliphatic hydroxyl groups excluding tert-OH is 1. The minimum absolute atomic E-state index is 0.208. The molecule has 2 rings (SSSR count). The van der Waals surface area contributed by atoms with Gasteiger partial charge >= 0.3 is 0 Å². The van der Waals surface area contributed by atoms with Gasteiger partial charge in [0.2, 0.25) is 0 Å². The van der Waals surface area contributed by atoms with Crippen molar-refractivity contribution in [1.29, 1.82) is 0 Å². The first kappa shape index (κ1) is 11.2. The van der Waals surface area contributed by atoms with E-state index in [1.54, 1.807) is 11.3 Å². The Balaban J connectivity index is 2.12. The van der Waals surface area contributed by atoms with Gasteiger partial charge in [-0.2, -0.15) is 0 Å². The summed E-state index contributed by atoms with van der Waals surface area (Å²) in [4.78, 5) is 2.53. The largest absolute Gasteiger partial charge is 0.387 e. The summed E-state index contributed by atoms with van der Waals surface area (Å²) >= 11 is 1.78. The molecule has 1 unspecified atom stereocenters. The number of rotatable bonds is 2. The highest BCUT2D eigenvalue weighted by Gasteiger charge is 2.28. The molecule has 1 nitrogen and oxygen atoms in total. The highest BCUT2D eigenvalue weighted by atomic mass is 32.1. The van der Waals surface area contributed by atoms with E-state index in [2.05, 4.69) is 32.9 Å². The lowest BCUT2D eigenvalue weighted by atomic mass is 9.81. The molecule has 2 heteroatoms. The number of hydrogen-bond acceptors (Lipinski definition) is 2. The highest BCUT2D eigenvalue weighted by molar-refractivity contribution is 7.12. The lowest BCUT2D eigenvalue weighted by Gasteiger charge is -2.29. The van der Waals surface area contributed by atoms with E-state index in [1.807, 2.05) is 0 Å². The zero-order chi connectivity index (χ0) is 11.1. The van der Waals surface area contributed by atoms with Crippen molar-refractivity contribution >= 4 is 11.3 Å². The van der Waals surface area contributed by atoms with Gasteiger partial charge < -0.3 is 5.11 Å². The third-order valence-electron chi connectivity index (χ3n) is 3.25. The normalized spacial score (nSPS) is 20.0. The van der Waals surface area contributed by atoms with Gasteiger partial charge in [-0.05, 0) is 36.3 Å². The summed E-state index contributed by atoms with van der Waals surface area (Å²) in [6.07, 6.45) is 3.48. The predicted molar refractivity (Wildman–Crippen MR) is 65.3 cm³/mol. The van der Waals surface area contributed by atoms with E-state index in [1.165, 1.54) is 24.1 Å². The van der Waals surface area contributed by atoms with Crippen molar-refractivity contribution < 1.29 is 5.11 Å². The van der Waals surface area contributed by atoms with Crippen molar-refractivity contribution in [3.8, 4) is 0 Å². The molecular formula is C13H20OS. The lowest BCUT2D eigenvalue weighted by Crippen LogP contribution is -2.19. The van der Waals surface area contributed by atoms with Crippen LogP contribution in [0.4, 0.5) is 0 Å². The first-order valence-electron chi connectivity index (χ1n) is 5.77. The first-order valence-corrected chi connectivity index (χ1v) is 6.58. The molecule has 1 aromatic heterocycles. The fraction of sp³-hybridized carbons (Fsp3) is 0.692. The maximum Gasteiger partial charge on any atom is 0.0910 e. The second-order valence-electron chi connectivity index (χ2n) is 5.59. The number of hydrogen-bond donors (Lipinski definition) is 1. The fourth-order valence-electron chi connectivity index (χ4n) is 1.90. The molecule has 1 fully saturated rings. The van der Waals surface area contributed by atoms with E-state index in [0.717, 1.165) is 4.88 Å². The Morgan fingerprint density at radius 2 is 2.00 bits per heavy atom. The van der Waals surface area contributed by atoms with Crippen molar-refractivity contribution in [2.24, 2.45) is 5.92 Å². The summed E-state index contributed by atoms with van der Waals surface area (Å²) in [6.45, 7) is 6.66. The molecule has 1 saturated carbocycles. The van der Waals surface area contributed by atoms with Gasteiger partial charge in [0.25, 0.3) is 0 Å². The third-order valence-corrected chi connectivity index (χ3v) is 4.84. The number of thiophene rings is 1. The Hall–Kier alpha value is -0.340. The molecule has 0 aliphatic heterocycles. The van der Waals surface area contributed by atoms with Crippen LogP contribution in [-0.2, 0) is 5.41 Å². The Morgan fingerprint density at radius 3 is 2.40 bits per heavy atom. The quantitative estimate of drug-likeness (QED) is 0.808. The average molecular weight is 224 g/mol. The van der Waals surface area contributed by atoms with Gasteiger partial charge in [0.15, 0.2) is 0 Å². The fourth-order valence-corrected chi connectivity index (χ4v) is 3.05. The molecule has 1 aliphatic rings. The molecule has 1 atom stereocenters. The summed E-state index contributed by atoms with van der Waals surface area (Å²) in [5.41, 5.74) is 0.211. The monoisotopic (exact) mass is 224 g/mol. The van der Waals surface area contributed by atoms with Crippen LogP contribution in [0.15, 0.2) is 12.1 Å². The molecule has 0 spiro atoms. The van der Waals surface area contributed by atoms with Gasteiger partial charge in [0.05, 0.1) is 6.10 Å². The topological polar surface area (TPSA) is 20.2 Å². The van der Waals surface area contributed by atoms with Crippen LogP contribution in [0.25, 0.3) is 0 Å². The molecule has 1 N–H and O–H groups in total. The van der Waals surface area contributed by atoms with E-state index >= 15 is 0 Å². The average Bonchev–Trinajstić information content (AvgIpc) is 2.46. The molecule has 1 aromatic rings. The Bertz CT molecular complexity index is 331. The molecule has 15 heavy (non-hydrogen) atoms. The summed E-state index contributed by atoms with van der Waals surface area (Å²) in [7, 11) is 0. The second-order valence-corrected chi connectivity index (χ2v) is 6.70. The Labute approximate surface area is 96.1 Å². The van der Waals surface area contributed by atoms with Crippen LogP contribution in [0, 0.1) is 5.92 Å². The van der Waals surface area contributed by atoms with Gasteiger partial charge in [0, 0.05) is 9.75 Å². The Morgan fingerprint density at radius 1 is 1.33 bits per heavy atom. The van der Waals surface area contributed by atoms with E-state index < -0.39 is 0 Å². The zero-order valence-corrected chi connectivity index (χ0v) is 10.6. The van der Waals surface area contributed by atoms with Crippen LogP contribution in [0.3, 0.4) is 0 Å². The first-order chi connectivity index (χ1) is 6.98. The van der Waals surface area contributed by atoms with E-state index in [4.69, 9.17) is 0 Å². The zero-order valence-electron chi connectivity index (χ0n) is 9.79. The van der Waals surface area contributed by atoms with E-state index in [0.29, 0.717) is 5.92 Å². The van der Waals surface area contributed by atoms with Crippen molar-refractivity contribution in [3.63, 3.8) is 0 Å². The highest BCUT2D eigenvalue weighted by Crippen LogP contribution is 2.41. The summed E-state index contributed by atoms with van der Waals surface area (Å²) < 4.78 is 0. The van der Waals surface area contributed by atoms with Crippen molar-refractivity contribution in [2.75, 3.05) is 0 Å². The van der Waals surface area contributed by atoms with E-state index in [9.17, 15) is 5.11 Å². The molecule has 0 bridgehead atoms. The van der Waals surface area contributed by atoms with Gasteiger partial charge in [-0.3, -0.25) is 0 Å². The molecular weight excluding hydrogens is 204 g/mol. The van der Waals surface area contributed by atoms with Crippen LogP contribution in [-0.4, -0.2) is 5.11 Å². The standard InChI is InChI=1S/C13H20OS/c1-13(2,3)11-8-7-10(15-11)12(14)9-5-4-6-9/h7-9,12,14H,4-6H2,1-3H3. The third kappa shape index (κ3) is 2.26. The SMILES string of the molecule is CC(C)(C)c1ccc(C(O)C2CCC2)s1. The molecule has 1 heterocycles. The summed E-state index contributed by atoms with van der Waals surface area (Å²) in [5.74, 6) is 0.525. The Kier molecular flexibility index (Phi) is 2.91. The van der Waals surface area contributed by atoms with Crippen molar-refractivity contribution in [1.82, 2.24) is 0 Å². The summed E-state index contributed by atoms with van der Waals surface area (Å²) in [6, 6.07) is 4.27. The van der Waals surface area contributed by atoms with Gasteiger partial charge in [-0.15, -0.1) is 11.3 Å². The molecule has 0 saturated heterocycles. The minimum Gasteiger partial charge on any atom is -0.387 e. The minimum atomic E-state index is -0.208. The maximum atomic E-state index is 10.1. The van der Waals surface area contributed by atoms with Crippen LogP contribution in [0.1, 0.15) is 55.9 Å². The van der Waals surface area contributed by atoms with Gasteiger partial charge in [-0.1, -0.05) is 27.2 Å². The predicted octanol–water partition coefficient (Wildman–Crippen LogP) is 3.88. The van der Waals surface area contributed by atoms with Crippen molar-refractivity contribution in [3.05, 3.63) is 21.9 Å². The van der Waals surface area contributed by atoms with Gasteiger partial charge in [-0.25, -0.2) is 0 Å². The van der Waals surface area contributed by atoms with Gasteiger partial charge in [0.1, 0.15) is 0 Å². The lowest BCUT2D eigenvalue weighted by molar-refractivity contribution is 0.0650. The second kappa shape index (κ2) is 3.91. The molecule has 1 aliphatic carbocycles. The van der Waals surface area contributed by atoms with Crippen LogP contribution < -0.4 is 0 Å². The van der Waals surface area contributed by atoms with Crippen LogP contribution in [0.2, 0.25) is 0 Å².